The van der Waals surface area contributed by atoms with Crippen molar-refractivity contribution in [3.05, 3.63) is 29.8 Å². The van der Waals surface area contributed by atoms with Crippen LogP contribution in [0.5, 0.6) is 5.75 Å². The lowest BCUT2D eigenvalue weighted by molar-refractivity contribution is 0.122. The highest BCUT2D eigenvalue weighted by molar-refractivity contribution is 5.91. The molecule has 1 atom stereocenters. The zero-order valence-electron chi connectivity index (χ0n) is 8.86. The minimum Gasteiger partial charge on any atom is -0.491 e. The van der Waals surface area contributed by atoms with Crippen LogP contribution in [-0.2, 0) is 4.74 Å². The molecule has 82 valence electrons. The molecule has 2 N–H and O–H groups in total. The van der Waals surface area contributed by atoms with Gasteiger partial charge in [0.2, 0.25) is 5.90 Å². The molecule has 0 aliphatic rings. The van der Waals surface area contributed by atoms with Gasteiger partial charge in [-0.15, -0.1) is 0 Å². The van der Waals surface area contributed by atoms with E-state index in [2.05, 4.69) is 0 Å². The molecule has 0 spiro atoms. The quantitative estimate of drug-likeness (QED) is 0.582. The van der Waals surface area contributed by atoms with E-state index in [-0.39, 0.29) is 12.5 Å². The zero-order chi connectivity index (χ0) is 11.3. The standard InChI is InChI=1S/C11H15NO3/c1-8(13)7-15-10-5-3-9(4-6-10)11(12)14-2/h3-6,8,12-13H,7H2,1-2H3/t8-/m1/s1. The number of aliphatic hydroxyl groups is 1. The minimum absolute atomic E-state index is 0.122. The summed E-state index contributed by atoms with van der Waals surface area (Å²) in [5, 5.41) is 16.4. The molecule has 0 heterocycles. The van der Waals surface area contributed by atoms with E-state index in [4.69, 9.17) is 20.0 Å². The summed E-state index contributed by atoms with van der Waals surface area (Å²) in [6.45, 7) is 1.93. The predicted octanol–water partition coefficient (Wildman–Crippen LogP) is 1.42. The van der Waals surface area contributed by atoms with Crippen LogP contribution >= 0.6 is 0 Å². The van der Waals surface area contributed by atoms with Crippen LogP contribution in [0, 0.1) is 5.41 Å². The van der Waals surface area contributed by atoms with Crippen molar-refractivity contribution in [3.8, 4) is 5.75 Å². The second kappa shape index (κ2) is 5.36. The molecule has 15 heavy (non-hydrogen) atoms. The van der Waals surface area contributed by atoms with Gasteiger partial charge >= 0.3 is 0 Å². The van der Waals surface area contributed by atoms with Crippen molar-refractivity contribution in [2.45, 2.75) is 13.0 Å². The molecular weight excluding hydrogens is 194 g/mol. The summed E-state index contributed by atoms with van der Waals surface area (Å²) in [4.78, 5) is 0. The third-order valence-corrected chi connectivity index (χ3v) is 1.81. The number of aliphatic hydroxyl groups excluding tert-OH is 1. The van der Waals surface area contributed by atoms with E-state index in [1.54, 1.807) is 31.2 Å². The maximum atomic E-state index is 9.02. The Morgan fingerprint density at radius 2 is 2.00 bits per heavy atom. The Morgan fingerprint density at radius 1 is 1.40 bits per heavy atom. The van der Waals surface area contributed by atoms with Crippen LogP contribution in [0.15, 0.2) is 24.3 Å². The second-order valence-corrected chi connectivity index (χ2v) is 3.22. The number of hydrogen-bond donors (Lipinski definition) is 2. The fourth-order valence-electron chi connectivity index (χ4n) is 1.04. The van der Waals surface area contributed by atoms with E-state index >= 15 is 0 Å². The van der Waals surface area contributed by atoms with Gasteiger partial charge in [0.25, 0.3) is 0 Å². The van der Waals surface area contributed by atoms with E-state index in [0.717, 1.165) is 0 Å². The van der Waals surface area contributed by atoms with Crippen LogP contribution in [0.25, 0.3) is 0 Å². The van der Waals surface area contributed by atoms with Gasteiger partial charge < -0.3 is 14.6 Å². The van der Waals surface area contributed by atoms with Gasteiger partial charge in [-0.05, 0) is 31.2 Å². The zero-order valence-corrected chi connectivity index (χ0v) is 8.86. The molecule has 0 fully saturated rings. The largest absolute Gasteiger partial charge is 0.491 e. The fourth-order valence-corrected chi connectivity index (χ4v) is 1.04. The Balaban J connectivity index is 2.60. The molecule has 0 saturated heterocycles. The molecule has 0 aromatic heterocycles. The molecule has 0 bridgehead atoms. The lowest BCUT2D eigenvalue weighted by Crippen LogP contribution is -2.12. The average molecular weight is 209 g/mol. The summed E-state index contributed by atoms with van der Waals surface area (Å²) in [5.74, 6) is 0.792. The molecule has 4 heteroatoms. The summed E-state index contributed by atoms with van der Waals surface area (Å²) in [6.07, 6.45) is -0.484. The lowest BCUT2D eigenvalue weighted by Gasteiger charge is -2.08. The van der Waals surface area contributed by atoms with E-state index in [1.807, 2.05) is 0 Å². The van der Waals surface area contributed by atoms with Gasteiger partial charge in [0.05, 0.1) is 13.2 Å². The summed E-state index contributed by atoms with van der Waals surface area (Å²) in [7, 11) is 1.46. The molecule has 1 aromatic rings. The average Bonchev–Trinajstić information content (AvgIpc) is 2.26. The van der Waals surface area contributed by atoms with Crippen LogP contribution in [0.1, 0.15) is 12.5 Å². The Kier molecular flexibility index (Phi) is 4.12. The van der Waals surface area contributed by atoms with Gasteiger partial charge in [-0.2, -0.15) is 0 Å². The maximum Gasteiger partial charge on any atom is 0.212 e. The Bertz CT molecular complexity index is 319. The smallest absolute Gasteiger partial charge is 0.212 e. The van der Waals surface area contributed by atoms with Crippen molar-refractivity contribution in [1.82, 2.24) is 0 Å². The monoisotopic (exact) mass is 209 g/mol. The van der Waals surface area contributed by atoms with Gasteiger partial charge in [-0.25, -0.2) is 0 Å². The number of rotatable bonds is 4. The van der Waals surface area contributed by atoms with Crippen molar-refractivity contribution in [1.29, 1.82) is 5.41 Å². The van der Waals surface area contributed by atoms with Gasteiger partial charge in [0, 0.05) is 5.56 Å². The van der Waals surface area contributed by atoms with E-state index in [9.17, 15) is 0 Å². The normalized spacial score (nSPS) is 11.9. The van der Waals surface area contributed by atoms with Gasteiger partial charge in [0.15, 0.2) is 0 Å². The highest BCUT2D eigenvalue weighted by Gasteiger charge is 2.02. The van der Waals surface area contributed by atoms with Crippen molar-refractivity contribution in [2.75, 3.05) is 13.7 Å². The third kappa shape index (κ3) is 3.59. The Labute approximate surface area is 89.0 Å². The molecule has 4 nitrogen and oxygen atoms in total. The fraction of sp³-hybridized carbons (Fsp3) is 0.364. The number of nitrogens with one attached hydrogen (secondary N) is 1. The van der Waals surface area contributed by atoms with Gasteiger partial charge in [-0.3, -0.25) is 5.41 Å². The Hall–Kier alpha value is -1.55. The summed E-state index contributed by atoms with van der Waals surface area (Å²) >= 11 is 0. The van der Waals surface area contributed by atoms with Crippen LogP contribution in [-0.4, -0.2) is 30.8 Å². The number of benzene rings is 1. The van der Waals surface area contributed by atoms with E-state index in [0.29, 0.717) is 11.3 Å². The molecule has 0 unspecified atom stereocenters. The first kappa shape index (κ1) is 11.5. The Morgan fingerprint density at radius 3 is 2.47 bits per heavy atom. The number of methoxy groups -OCH3 is 1. The van der Waals surface area contributed by atoms with Gasteiger partial charge in [0.1, 0.15) is 12.4 Å². The highest BCUT2D eigenvalue weighted by Crippen LogP contribution is 2.12. The lowest BCUT2D eigenvalue weighted by atomic mass is 10.2. The van der Waals surface area contributed by atoms with Crippen LogP contribution in [0.3, 0.4) is 0 Å². The first-order chi connectivity index (χ1) is 7.13. The van der Waals surface area contributed by atoms with Crippen LogP contribution < -0.4 is 4.74 Å². The number of ether oxygens (including phenoxy) is 2. The SMILES string of the molecule is COC(=N)c1ccc(OC[C@@H](C)O)cc1. The molecule has 0 amide bonds. The van der Waals surface area contributed by atoms with E-state index < -0.39 is 6.10 Å². The van der Waals surface area contributed by atoms with Crippen molar-refractivity contribution < 1.29 is 14.6 Å². The third-order valence-electron chi connectivity index (χ3n) is 1.81. The molecule has 0 saturated carbocycles. The van der Waals surface area contributed by atoms with Crippen molar-refractivity contribution in [2.24, 2.45) is 0 Å². The van der Waals surface area contributed by atoms with Crippen molar-refractivity contribution >= 4 is 5.90 Å². The molecule has 1 aromatic carbocycles. The van der Waals surface area contributed by atoms with Crippen molar-refractivity contribution in [3.63, 3.8) is 0 Å². The highest BCUT2D eigenvalue weighted by atomic mass is 16.5. The molecular formula is C11H15NO3. The van der Waals surface area contributed by atoms with Crippen LogP contribution in [0.4, 0.5) is 0 Å². The first-order valence-electron chi connectivity index (χ1n) is 4.67. The summed E-state index contributed by atoms with van der Waals surface area (Å²) < 4.78 is 10.1. The second-order valence-electron chi connectivity index (χ2n) is 3.22. The molecule has 1 rings (SSSR count). The molecule has 0 radical (unpaired) electrons. The van der Waals surface area contributed by atoms with E-state index in [1.165, 1.54) is 7.11 Å². The molecule has 0 aliphatic heterocycles. The minimum atomic E-state index is -0.484. The molecule has 0 aliphatic carbocycles. The van der Waals surface area contributed by atoms with Crippen LogP contribution in [0.2, 0.25) is 0 Å². The van der Waals surface area contributed by atoms with Gasteiger partial charge in [-0.1, -0.05) is 0 Å². The summed E-state index contributed by atoms with van der Waals surface area (Å²) in [6, 6.07) is 6.96. The predicted molar refractivity (Wildman–Crippen MR) is 57.5 cm³/mol. The first-order valence-corrected chi connectivity index (χ1v) is 4.67. The number of hydrogen-bond acceptors (Lipinski definition) is 4. The topological polar surface area (TPSA) is 62.5 Å². The summed E-state index contributed by atoms with van der Waals surface area (Å²) in [5.41, 5.74) is 0.696. The maximum absolute atomic E-state index is 9.02.